The number of nitrogens with zero attached hydrogens (tertiary/aromatic N) is 4. The molecule has 100 valence electrons. The van der Waals surface area contributed by atoms with Crippen LogP contribution < -0.4 is 4.90 Å². The van der Waals surface area contributed by atoms with Crippen LogP contribution in [0.15, 0.2) is 0 Å². The molecule has 1 aromatic rings. The first-order valence-electron chi connectivity index (χ1n) is 6.58. The first-order chi connectivity index (χ1) is 8.61. The molecular formula is C13H21FN4. The highest BCUT2D eigenvalue weighted by Crippen LogP contribution is 2.21. The molecule has 5 heteroatoms. The lowest BCUT2D eigenvalue weighted by molar-refractivity contribution is 0.310. The van der Waals surface area contributed by atoms with Crippen molar-refractivity contribution in [2.24, 2.45) is 0 Å². The zero-order valence-corrected chi connectivity index (χ0v) is 11.4. The number of likely N-dealkylation sites (N-methyl/N-ethyl adjacent to an activating group) is 1. The molecule has 0 N–H and O–H groups in total. The fourth-order valence-corrected chi connectivity index (χ4v) is 2.23. The highest BCUT2D eigenvalue weighted by atomic mass is 19.1. The van der Waals surface area contributed by atoms with E-state index in [2.05, 4.69) is 21.9 Å². The van der Waals surface area contributed by atoms with Crippen LogP contribution in [0.3, 0.4) is 0 Å². The Morgan fingerprint density at radius 3 is 2.44 bits per heavy atom. The molecule has 0 radical (unpaired) electrons. The minimum atomic E-state index is -0.230. The van der Waals surface area contributed by atoms with E-state index < -0.39 is 0 Å². The van der Waals surface area contributed by atoms with Gasteiger partial charge in [0.05, 0.1) is 5.69 Å². The summed E-state index contributed by atoms with van der Waals surface area (Å²) in [5.41, 5.74) is 0.555. The number of aromatic nitrogens is 2. The summed E-state index contributed by atoms with van der Waals surface area (Å²) < 4.78 is 14.3. The van der Waals surface area contributed by atoms with Crippen LogP contribution in [0.4, 0.5) is 10.2 Å². The normalized spacial score (nSPS) is 17.2. The fourth-order valence-electron chi connectivity index (χ4n) is 2.23. The Bertz CT molecular complexity index is 414. The predicted octanol–water partition coefficient (Wildman–Crippen LogP) is 1.63. The molecule has 0 aromatic carbocycles. The number of piperazine rings is 1. The van der Waals surface area contributed by atoms with Crippen molar-refractivity contribution in [1.29, 1.82) is 0 Å². The number of halogens is 1. The number of hydrogen-bond donors (Lipinski definition) is 0. The smallest absolute Gasteiger partial charge is 0.187 e. The van der Waals surface area contributed by atoms with Gasteiger partial charge in [-0.3, -0.25) is 0 Å². The summed E-state index contributed by atoms with van der Waals surface area (Å²) in [6.07, 6.45) is 1.57. The van der Waals surface area contributed by atoms with Crippen molar-refractivity contribution < 1.29 is 4.39 Å². The van der Waals surface area contributed by atoms with Gasteiger partial charge in [-0.15, -0.1) is 0 Å². The molecule has 0 amide bonds. The highest BCUT2D eigenvalue weighted by molar-refractivity contribution is 5.42. The summed E-state index contributed by atoms with van der Waals surface area (Å²) in [6, 6.07) is 0. The molecule has 0 unspecified atom stereocenters. The van der Waals surface area contributed by atoms with Crippen molar-refractivity contribution in [3.63, 3.8) is 0 Å². The summed E-state index contributed by atoms with van der Waals surface area (Å²) in [5.74, 6) is 0.917. The first-order valence-corrected chi connectivity index (χ1v) is 6.58. The van der Waals surface area contributed by atoms with Crippen molar-refractivity contribution in [3.8, 4) is 0 Å². The van der Waals surface area contributed by atoms with Gasteiger partial charge in [-0.25, -0.2) is 14.4 Å². The summed E-state index contributed by atoms with van der Waals surface area (Å²) >= 11 is 0. The zero-order valence-electron chi connectivity index (χ0n) is 11.4. The summed E-state index contributed by atoms with van der Waals surface area (Å²) in [4.78, 5) is 12.8. The third kappa shape index (κ3) is 2.77. The van der Waals surface area contributed by atoms with E-state index in [0.717, 1.165) is 32.6 Å². The summed E-state index contributed by atoms with van der Waals surface area (Å²) in [6.45, 7) is 7.42. The average Bonchev–Trinajstić information content (AvgIpc) is 2.35. The molecule has 18 heavy (non-hydrogen) atoms. The van der Waals surface area contributed by atoms with Gasteiger partial charge in [0.15, 0.2) is 11.6 Å². The van der Waals surface area contributed by atoms with E-state index in [1.54, 1.807) is 0 Å². The summed E-state index contributed by atoms with van der Waals surface area (Å²) in [7, 11) is 2.08. The first kappa shape index (κ1) is 13.2. The van der Waals surface area contributed by atoms with E-state index >= 15 is 0 Å². The molecule has 1 aliphatic heterocycles. The monoisotopic (exact) mass is 252 g/mol. The van der Waals surface area contributed by atoms with Gasteiger partial charge >= 0.3 is 0 Å². The molecule has 0 atom stereocenters. The van der Waals surface area contributed by atoms with Crippen LogP contribution in [-0.4, -0.2) is 48.1 Å². The number of hydrogen-bond acceptors (Lipinski definition) is 4. The quantitative estimate of drug-likeness (QED) is 0.818. The van der Waals surface area contributed by atoms with E-state index in [-0.39, 0.29) is 5.82 Å². The second-order valence-corrected chi connectivity index (χ2v) is 4.90. The van der Waals surface area contributed by atoms with Crippen LogP contribution >= 0.6 is 0 Å². The van der Waals surface area contributed by atoms with Crippen LogP contribution in [-0.2, 0) is 6.42 Å². The zero-order chi connectivity index (χ0) is 13.1. The molecule has 1 aliphatic rings. The van der Waals surface area contributed by atoms with Gasteiger partial charge in [0.1, 0.15) is 5.82 Å². The molecule has 0 bridgehead atoms. The fraction of sp³-hybridized carbons (Fsp3) is 0.692. The van der Waals surface area contributed by atoms with Crippen LogP contribution in [0.2, 0.25) is 0 Å². The Labute approximate surface area is 108 Å². The summed E-state index contributed by atoms with van der Waals surface area (Å²) in [5, 5.41) is 0. The molecule has 2 heterocycles. The Hall–Kier alpha value is -1.23. The maximum absolute atomic E-state index is 14.3. The van der Waals surface area contributed by atoms with Crippen molar-refractivity contribution in [2.45, 2.75) is 26.7 Å². The second-order valence-electron chi connectivity index (χ2n) is 4.90. The van der Waals surface area contributed by atoms with E-state index in [0.29, 0.717) is 23.8 Å². The van der Waals surface area contributed by atoms with Gasteiger partial charge < -0.3 is 9.80 Å². The van der Waals surface area contributed by atoms with Gasteiger partial charge in [-0.1, -0.05) is 13.3 Å². The molecule has 4 nitrogen and oxygen atoms in total. The largest absolute Gasteiger partial charge is 0.352 e. The SMILES string of the molecule is CCCc1nc(C)nc(N2CCN(C)CC2)c1F. The van der Waals surface area contributed by atoms with Crippen molar-refractivity contribution in [1.82, 2.24) is 14.9 Å². The lowest BCUT2D eigenvalue weighted by atomic mass is 10.2. The van der Waals surface area contributed by atoms with E-state index in [9.17, 15) is 4.39 Å². The number of anilines is 1. The molecule has 0 saturated carbocycles. The van der Waals surface area contributed by atoms with Gasteiger partial charge in [-0.2, -0.15) is 0 Å². The van der Waals surface area contributed by atoms with Crippen LogP contribution in [0.5, 0.6) is 0 Å². The van der Waals surface area contributed by atoms with Gasteiger partial charge in [-0.05, 0) is 20.4 Å². The molecule has 1 saturated heterocycles. The minimum absolute atomic E-state index is 0.230. The lowest BCUT2D eigenvalue weighted by Crippen LogP contribution is -2.45. The molecule has 2 rings (SSSR count). The Morgan fingerprint density at radius 2 is 1.83 bits per heavy atom. The Kier molecular flexibility index (Phi) is 4.11. The minimum Gasteiger partial charge on any atom is -0.352 e. The van der Waals surface area contributed by atoms with Crippen LogP contribution in [0, 0.1) is 12.7 Å². The van der Waals surface area contributed by atoms with Gasteiger partial charge in [0.2, 0.25) is 0 Å². The van der Waals surface area contributed by atoms with Crippen LogP contribution in [0.1, 0.15) is 24.9 Å². The molecule has 0 aliphatic carbocycles. The maximum atomic E-state index is 14.3. The lowest BCUT2D eigenvalue weighted by Gasteiger charge is -2.33. The third-order valence-corrected chi connectivity index (χ3v) is 3.30. The second kappa shape index (κ2) is 5.61. The molecule has 0 spiro atoms. The van der Waals surface area contributed by atoms with E-state index in [1.165, 1.54) is 0 Å². The standard InChI is InChI=1S/C13H21FN4/c1-4-5-11-12(14)13(16-10(2)15-11)18-8-6-17(3)7-9-18/h4-9H2,1-3H3. The van der Waals surface area contributed by atoms with E-state index in [1.807, 2.05) is 18.7 Å². The van der Waals surface area contributed by atoms with E-state index in [4.69, 9.17) is 0 Å². The maximum Gasteiger partial charge on any atom is 0.187 e. The van der Waals surface area contributed by atoms with Crippen molar-refractivity contribution in [2.75, 3.05) is 38.1 Å². The van der Waals surface area contributed by atoms with Crippen LogP contribution in [0.25, 0.3) is 0 Å². The molecule has 1 fully saturated rings. The van der Waals surface area contributed by atoms with Gasteiger partial charge in [0.25, 0.3) is 0 Å². The van der Waals surface area contributed by atoms with Gasteiger partial charge in [0, 0.05) is 26.2 Å². The Morgan fingerprint density at radius 1 is 1.17 bits per heavy atom. The average molecular weight is 252 g/mol. The molecule has 1 aromatic heterocycles. The topological polar surface area (TPSA) is 32.3 Å². The Balaban J connectivity index is 2.26. The molecular weight excluding hydrogens is 231 g/mol. The van der Waals surface area contributed by atoms with Crippen molar-refractivity contribution >= 4 is 5.82 Å². The number of aryl methyl sites for hydroxylation is 2. The highest BCUT2D eigenvalue weighted by Gasteiger charge is 2.21. The third-order valence-electron chi connectivity index (χ3n) is 3.30. The van der Waals surface area contributed by atoms with Crippen molar-refractivity contribution in [3.05, 3.63) is 17.3 Å². The number of rotatable bonds is 3. The predicted molar refractivity (Wildman–Crippen MR) is 70.4 cm³/mol.